The number of furan rings is 1. The largest absolute Gasteiger partial charge is 0.455 e. The van der Waals surface area contributed by atoms with E-state index < -0.39 is 6.17 Å². The lowest BCUT2D eigenvalue weighted by atomic mass is 9.96. The van der Waals surface area contributed by atoms with Crippen LogP contribution in [-0.4, -0.2) is 11.7 Å². The molecule has 10 rings (SSSR count). The van der Waals surface area contributed by atoms with Gasteiger partial charge in [0.1, 0.15) is 22.8 Å². The third-order valence-electron chi connectivity index (χ3n) is 9.94. The van der Waals surface area contributed by atoms with Gasteiger partial charge < -0.3 is 9.73 Å². The van der Waals surface area contributed by atoms with E-state index in [2.05, 4.69) is 145 Å². The van der Waals surface area contributed by atoms with Crippen molar-refractivity contribution in [3.63, 3.8) is 0 Å². The van der Waals surface area contributed by atoms with E-state index in [0.717, 1.165) is 67.0 Å². The summed E-state index contributed by atoms with van der Waals surface area (Å²) in [6.07, 6.45) is -0.435. The van der Waals surface area contributed by atoms with Gasteiger partial charge in [-0.05, 0) is 68.1 Å². The Hall–Kier alpha value is -6.78. The van der Waals surface area contributed by atoms with Crippen LogP contribution in [0.15, 0.2) is 190 Å². The fourth-order valence-corrected chi connectivity index (χ4v) is 7.39. The van der Waals surface area contributed by atoms with E-state index in [0.29, 0.717) is 0 Å². The molecule has 1 aliphatic heterocycles. The predicted molar refractivity (Wildman–Crippen MR) is 211 cm³/mol. The second-order valence-corrected chi connectivity index (χ2v) is 13.0. The topological polar surface area (TPSA) is 49.9 Å². The van der Waals surface area contributed by atoms with Crippen molar-refractivity contribution in [1.82, 2.24) is 5.32 Å². The molecule has 4 nitrogen and oxygen atoms in total. The minimum Gasteiger partial charge on any atom is -0.455 e. The zero-order chi connectivity index (χ0) is 33.7. The van der Waals surface area contributed by atoms with Crippen molar-refractivity contribution in [2.45, 2.75) is 6.17 Å². The molecule has 2 heterocycles. The van der Waals surface area contributed by atoms with Crippen LogP contribution in [0.25, 0.3) is 65.7 Å². The number of hydrogen-bond acceptors (Lipinski definition) is 4. The van der Waals surface area contributed by atoms with Crippen LogP contribution in [0.4, 0.5) is 0 Å². The first kappa shape index (κ1) is 29.2. The molecule has 9 aromatic rings. The molecule has 1 atom stereocenters. The van der Waals surface area contributed by atoms with Crippen molar-refractivity contribution in [2.75, 3.05) is 0 Å². The van der Waals surface area contributed by atoms with Gasteiger partial charge in [0.2, 0.25) is 0 Å². The highest BCUT2D eigenvalue weighted by Gasteiger charge is 2.25. The number of rotatable bonds is 5. The summed E-state index contributed by atoms with van der Waals surface area (Å²) >= 11 is 0. The number of amidine groups is 2. The smallest absolute Gasteiger partial charge is 0.169 e. The van der Waals surface area contributed by atoms with Crippen molar-refractivity contribution in [3.8, 4) is 22.3 Å². The first-order chi connectivity index (χ1) is 25.3. The van der Waals surface area contributed by atoms with Crippen LogP contribution in [0, 0.1) is 0 Å². The molecule has 0 bridgehead atoms. The van der Waals surface area contributed by atoms with Crippen molar-refractivity contribution in [3.05, 3.63) is 193 Å². The summed E-state index contributed by atoms with van der Waals surface area (Å²) in [7, 11) is 0. The number of para-hydroxylation sites is 1. The molecule has 1 N–H and O–H groups in total. The molecule has 0 aliphatic carbocycles. The molecule has 51 heavy (non-hydrogen) atoms. The molecule has 0 fully saturated rings. The Labute approximate surface area is 295 Å². The lowest BCUT2D eigenvalue weighted by molar-refractivity contribution is 0.670. The average Bonchev–Trinajstić information content (AvgIpc) is 3.61. The van der Waals surface area contributed by atoms with Gasteiger partial charge in [-0.2, -0.15) is 0 Å². The highest BCUT2D eigenvalue weighted by Crippen LogP contribution is 2.39. The van der Waals surface area contributed by atoms with E-state index in [9.17, 15) is 0 Å². The van der Waals surface area contributed by atoms with Gasteiger partial charge in [0.15, 0.2) is 6.17 Å². The summed E-state index contributed by atoms with van der Waals surface area (Å²) in [5, 5.41) is 10.7. The molecule has 1 unspecified atom stereocenters. The van der Waals surface area contributed by atoms with Crippen LogP contribution in [0.5, 0.6) is 0 Å². The molecule has 0 saturated carbocycles. The van der Waals surface area contributed by atoms with Crippen LogP contribution < -0.4 is 5.32 Å². The molecule has 4 heteroatoms. The van der Waals surface area contributed by atoms with E-state index in [1.165, 1.54) is 27.1 Å². The first-order valence-electron chi connectivity index (χ1n) is 17.3. The Morgan fingerprint density at radius 1 is 0.431 bits per heavy atom. The molecule has 8 aromatic carbocycles. The summed E-state index contributed by atoms with van der Waals surface area (Å²) < 4.78 is 6.58. The minimum atomic E-state index is -0.435. The summed E-state index contributed by atoms with van der Waals surface area (Å²) in [5.41, 5.74) is 9.18. The molecule has 1 aromatic heterocycles. The quantitative estimate of drug-likeness (QED) is 0.188. The van der Waals surface area contributed by atoms with E-state index in [-0.39, 0.29) is 0 Å². The molecule has 240 valence electrons. The van der Waals surface area contributed by atoms with Gasteiger partial charge in [-0.1, -0.05) is 152 Å². The Kier molecular flexibility index (Phi) is 6.85. The van der Waals surface area contributed by atoms with Crippen molar-refractivity contribution in [2.24, 2.45) is 9.98 Å². The summed E-state index contributed by atoms with van der Waals surface area (Å²) in [6.45, 7) is 0. The van der Waals surface area contributed by atoms with Crippen LogP contribution >= 0.6 is 0 Å². The van der Waals surface area contributed by atoms with Crippen molar-refractivity contribution >= 4 is 55.2 Å². The fourth-order valence-electron chi connectivity index (χ4n) is 7.39. The molecule has 0 amide bonds. The van der Waals surface area contributed by atoms with E-state index in [1.54, 1.807) is 0 Å². The Morgan fingerprint density at radius 3 is 1.88 bits per heavy atom. The van der Waals surface area contributed by atoms with Gasteiger partial charge in [-0.15, -0.1) is 0 Å². The average molecular weight is 654 g/mol. The maximum Gasteiger partial charge on any atom is 0.169 e. The minimum absolute atomic E-state index is 0.435. The SMILES string of the molecule is c1ccc(C2=NC(c3ccc(-c4ccc5c(ccc6ccccc65)c4)cc3)N=C(c3ccc(-c4ccccc4)c4oc5ccccc5c34)N2)cc1. The standard InChI is InChI=1S/C47H31N3O/c1-3-11-31(12-4-1)39-27-28-41(43-40-17-9-10-18-42(40)51-44(39)43)47-49-45(33-14-5-2-6-15-33)48-46(50-47)34-22-19-30(20-23-34)35-25-26-38-36(29-35)24-21-32-13-7-8-16-37(32)38/h1-29,46H,(H,48,49,50). The maximum atomic E-state index is 6.58. The summed E-state index contributed by atoms with van der Waals surface area (Å²) in [5.74, 6) is 1.54. The first-order valence-corrected chi connectivity index (χ1v) is 17.3. The summed E-state index contributed by atoms with van der Waals surface area (Å²) in [4.78, 5) is 10.4. The van der Waals surface area contributed by atoms with E-state index >= 15 is 0 Å². The van der Waals surface area contributed by atoms with Gasteiger partial charge in [0, 0.05) is 27.5 Å². The lowest BCUT2D eigenvalue weighted by Gasteiger charge is -2.23. The van der Waals surface area contributed by atoms with E-state index in [4.69, 9.17) is 14.4 Å². The van der Waals surface area contributed by atoms with Gasteiger partial charge in [0.25, 0.3) is 0 Å². The van der Waals surface area contributed by atoms with Crippen LogP contribution in [-0.2, 0) is 0 Å². The van der Waals surface area contributed by atoms with Crippen LogP contribution in [0.1, 0.15) is 22.9 Å². The number of aliphatic imine (C=N–C) groups is 2. The summed E-state index contributed by atoms with van der Waals surface area (Å²) in [6, 6.07) is 61.6. The number of benzene rings is 8. The van der Waals surface area contributed by atoms with E-state index in [1.807, 2.05) is 36.4 Å². The molecular formula is C47H31N3O. The highest BCUT2D eigenvalue weighted by molar-refractivity contribution is 6.25. The number of nitrogens with one attached hydrogen (secondary N) is 1. The number of nitrogens with zero attached hydrogens (tertiary/aromatic N) is 2. The lowest BCUT2D eigenvalue weighted by Crippen LogP contribution is -2.36. The molecule has 1 aliphatic rings. The van der Waals surface area contributed by atoms with Crippen LogP contribution in [0.2, 0.25) is 0 Å². The third-order valence-corrected chi connectivity index (χ3v) is 9.94. The van der Waals surface area contributed by atoms with Crippen molar-refractivity contribution < 1.29 is 4.42 Å². The Morgan fingerprint density at radius 2 is 1.06 bits per heavy atom. The van der Waals surface area contributed by atoms with Gasteiger partial charge in [-0.25, -0.2) is 9.98 Å². The molecule has 0 saturated heterocycles. The van der Waals surface area contributed by atoms with Crippen LogP contribution in [0.3, 0.4) is 0 Å². The highest BCUT2D eigenvalue weighted by atomic mass is 16.3. The number of fused-ring (bicyclic) bond motifs is 6. The predicted octanol–water partition coefficient (Wildman–Crippen LogP) is 11.7. The second-order valence-electron chi connectivity index (χ2n) is 13.0. The second kappa shape index (κ2) is 12.0. The molecule has 0 spiro atoms. The zero-order valence-corrected chi connectivity index (χ0v) is 27.6. The van der Waals surface area contributed by atoms with Gasteiger partial charge in [0.05, 0.1) is 0 Å². The molecular weight excluding hydrogens is 623 g/mol. The fraction of sp³-hybridized carbons (Fsp3) is 0.0213. The third kappa shape index (κ3) is 5.08. The molecule has 0 radical (unpaired) electrons. The maximum absolute atomic E-state index is 6.58. The number of hydrogen-bond donors (Lipinski definition) is 1. The van der Waals surface area contributed by atoms with Crippen molar-refractivity contribution in [1.29, 1.82) is 0 Å². The normalized spacial score (nSPS) is 14.5. The Bertz CT molecular complexity index is 2820. The Balaban J connectivity index is 1.08. The monoisotopic (exact) mass is 653 g/mol. The van der Waals surface area contributed by atoms with Gasteiger partial charge >= 0.3 is 0 Å². The zero-order valence-electron chi connectivity index (χ0n) is 27.6. The van der Waals surface area contributed by atoms with Gasteiger partial charge in [-0.3, -0.25) is 0 Å².